The maximum atomic E-state index is 11.0. The van der Waals surface area contributed by atoms with E-state index in [0.717, 1.165) is 0 Å². The second-order valence-electron chi connectivity index (χ2n) is 4.17. The van der Waals surface area contributed by atoms with Crippen LogP contribution in [-0.2, 0) is 0 Å². The van der Waals surface area contributed by atoms with E-state index in [2.05, 4.69) is 10.1 Å². The molecule has 0 atom stereocenters. The number of carboxylic acid groups (broad SMARTS) is 1. The van der Waals surface area contributed by atoms with Crippen LogP contribution in [0.15, 0.2) is 42.7 Å². The van der Waals surface area contributed by atoms with Gasteiger partial charge in [-0.25, -0.2) is 9.31 Å². The molecule has 0 unspecified atom stereocenters. The molecular formula is C14H11N3O4. The van der Waals surface area contributed by atoms with E-state index in [4.69, 9.17) is 14.6 Å². The minimum Gasteiger partial charge on any atom is -0.493 e. The molecule has 1 aromatic carbocycles. The van der Waals surface area contributed by atoms with Crippen molar-refractivity contribution in [3.8, 4) is 17.4 Å². The zero-order valence-corrected chi connectivity index (χ0v) is 11.1. The first kappa shape index (κ1) is 12.9. The third kappa shape index (κ3) is 2.48. The molecule has 1 N–H and O–H groups in total. The topological polar surface area (TPSA) is 86.0 Å². The molecule has 0 aliphatic rings. The molecule has 106 valence electrons. The molecule has 3 rings (SSSR count). The molecule has 2 heterocycles. The molecule has 0 fully saturated rings. The van der Waals surface area contributed by atoms with Gasteiger partial charge in [0.25, 0.3) is 0 Å². The first-order valence-corrected chi connectivity index (χ1v) is 6.07. The Balaban J connectivity index is 1.98. The molecular weight excluding hydrogens is 274 g/mol. The lowest BCUT2D eigenvalue weighted by atomic mass is 10.2. The van der Waals surface area contributed by atoms with E-state index in [1.165, 1.54) is 25.3 Å². The quantitative estimate of drug-likeness (QED) is 0.791. The Morgan fingerprint density at radius 1 is 1.24 bits per heavy atom. The first-order valence-electron chi connectivity index (χ1n) is 6.07. The van der Waals surface area contributed by atoms with Crippen molar-refractivity contribution in [2.45, 2.75) is 0 Å². The van der Waals surface area contributed by atoms with E-state index in [1.54, 1.807) is 29.0 Å². The number of hydrogen-bond donors (Lipinski definition) is 1. The van der Waals surface area contributed by atoms with Gasteiger partial charge in [-0.15, -0.1) is 0 Å². The number of fused-ring (bicyclic) bond motifs is 1. The van der Waals surface area contributed by atoms with Crippen molar-refractivity contribution >= 4 is 11.6 Å². The van der Waals surface area contributed by atoms with E-state index in [0.29, 0.717) is 17.3 Å². The number of nitrogens with zero attached hydrogens (tertiary/aromatic N) is 3. The number of carbonyl (C=O) groups is 1. The summed E-state index contributed by atoms with van der Waals surface area (Å²) < 4.78 is 12.4. The molecule has 7 heteroatoms. The van der Waals surface area contributed by atoms with E-state index < -0.39 is 5.97 Å². The van der Waals surface area contributed by atoms with Gasteiger partial charge in [-0.2, -0.15) is 10.1 Å². The van der Waals surface area contributed by atoms with Crippen molar-refractivity contribution < 1.29 is 19.4 Å². The Bertz CT molecular complexity index is 813. The van der Waals surface area contributed by atoms with Crippen LogP contribution < -0.4 is 9.47 Å². The summed E-state index contributed by atoms with van der Waals surface area (Å²) >= 11 is 0. The fraction of sp³-hybridized carbons (Fsp3) is 0.0714. The van der Waals surface area contributed by atoms with Gasteiger partial charge >= 0.3 is 5.97 Å². The van der Waals surface area contributed by atoms with Crippen molar-refractivity contribution in [2.75, 3.05) is 7.11 Å². The van der Waals surface area contributed by atoms with Gasteiger partial charge in [-0.3, -0.25) is 0 Å². The molecule has 0 bridgehead atoms. The highest BCUT2D eigenvalue weighted by Gasteiger charge is 2.12. The largest absolute Gasteiger partial charge is 0.493 e. The van der Waals surface area contributed by atoms with Gasteiger partial charge in [0.15, 0.2) is 17.1 Å². The van der Waals surface area contributed by atoms with E-state index in [-0.39, 0.29) is 11.3 Å². The fourth-order valence-electron chi connectivity index (χ4n) is 1.85. The van der Waals surface area contributed by atoms with Crippen LogP contribution in [0.4, 0.5) is 0 Å². The maximum absolute atomic E-state index is 11.0. The Morgan fingerprint density at radius 3 is 2.86 bits per heavy atom. The van der Waals surface area contributed by atoms with Crippen LogP contribution in [0, 0.1) is 0 Å². The van der Waals surface area contributed by atoms with Crippen molar-refractivity contribution in [1.82, 2.24) is 14.6 Å². The molecule has 21 heavy (non-hydrogen) atoms. The van der Waals surface area contributed by atoms with Gasteiger partial charge in [-0.05, 0) is 18.2 Å². The average Bonchev–Trinajstić information content (AvgIpc) is 2.94. The minimum absolute atomic E-state index is 0.108. The zero-order chi connectivity index (χ0) is 14.8. The number of aromatic nitrogens is 3. The molecule has 0 spiro atoms. The molecule has 7 nitrogen and oxygen atoms in total. The van der Waals surface area contributed by atoms with Crippen LogP contribution in [-0.4, -0.2) is 32.8 Å². The molecule has 2 aromatic heterocycles. The van der Waals surface area contributed by atoms with Crippen LogP contribution in [0.5, 0.6) is 17.4 Å². The number of benzene rings is 1. The fourth-order valence-corrected chi connectivity index (χ4v) is 1.85. The van der Waals surface area contributed by atoms with Crippen LogP contribution in [0.3, 0.4) is 0 Å². The highest BCUT2D eigenvalue weighted by atomic mass is 16.5. The molecule has 3 aromatic rings. The van der Waals surface area contributed by atoms with Crippen LogP contribution >= 0.6 is 0 Å². The Labute approximate surface area is 119 Å². The van der Waals surface area contributed by atoms with E-state index >= 15 is 0 Å². The van der Waals surface area contributed by atoms with Crippen molar-refractivity contribution in [2.24, 2.45) is 0 Å². The number of aromatic carboxylic acids is 1. The first-order chi connectivity index (χ1) is 10.2. The second-order valence-corrected chi connectivity index (χ2v) is 4.17. The summed E-state index contributed by atoms with van der Waals surface area (Å²) in [6.07, 6.45) is 3.32. The number of methoxy groups -OCH3 is 1. The monoisotopic (exact) mass is 285 g/mol. The Kier molecular flexibility index (Phi) is 3.15. The Morgan fingerprint density at radius 2 is 2.10 bits per heavy atom. The smallest absolute Gasteiger partial charge is 0.335 e. The zero-order valence-electron chi connectivity index (χ0n) is 11.1. The molecule has 0 radical (unpaired) electrons. The van der Waals surface area contributed by atoms with Gasteiger partial charge in [0.05, 0.1) is 18.9 Å². The van der Waals surface area contributed by atoms with Crippen molar-refractivity contribution in [3.63, 3.8) is 0 Å². The molecule has 0 aliphatic heterocycles. The van der Waals surface area contributed by atoms with Crippen LogP contribution in [0.2, 0.25) is 0 Å². The third-order valence-corrected chi connectivity index (χ3v) is 2.86. The van der Waals surface area contributed by atoms with Gasteiger partial charge in [0.2, 0.25) is 5.88 Å². The second kappa shape index (κ2) is 5.12. The summed E-state index contributed by atoms with van der Waals surface area (Å²) in [6.45, 7) is 0. The van der Waals surface area contributed by atoms with Gasteiger partial charge in [0, 0.05) is 18.3 Å². The lowest BCUT2D eigenvalue weighted by molar-refractivity contribution is 0.0696. The number of hydrogen-bond acceptors (Lipinski definition) is 5. The van der Waals surface area contributed by atoms with Gasteiger partial charge in [0.1, 0.15) is 0 Å². The summed E-state index contributed by atoms with van der Waals surface area (Å²) in [7, 11) is 1.48. The number of rotatable bonds is 4. The third-order valence-electron chi connectivity index (χ3n) is 2.86. The minimum atomic E-state index is -1.04. The van der Waals surface area contributed by atoms with Crippen molar-refractivity contribution in [3.05, 3.63) is 48.3 Å². The number of ether oxygens (including phenoxy) is 2. The van der Waals surface area contributed by atoms with Crippen LogP contribution in [0.1, 0.15) is 10.4 Å². The van der Waals surface area contributed by atoms with E-state index in [9.17, 15) is 4.79 Å². The normalized spacial score (nSPS) is 10.5. The average molecular weight is 285 g/mol. The molecule has 0 saturated heterocycles. The molecule has 0 saturated carbocycles. The summed E-state index contributed by atoms with van der Waals surface area (Å²) in [5.74, 6) is -0.00510. The Hall–Kier alpha value is -3.09. The van der Waals surface area contributed by atoms with Gasteiger partial charge in [-0.1, -0.05) is 0 Å². The summed E-state index contributed by atoms with van der Waals surface area (Å²) in [6, 6.07) is 7.74. The summed E-state index contributed by atoms with van der Waals surface area (Å²) in [4.78, 5) is 15.3. The SMILES string of the molecule is COc1ccc(C(=O)O)cc1Oc1ccn2nccc2n1. The number of carboxylic acids is 1. The van der Waals surface area contributed by atoms with Crippen molar-refractivity contribution in [1.29, 1.82) is 0 Å². The predicted molar refractivity (Wildman–Crippen MR) is 73.0 cm³/mol. The lowest BCUT2D eigenvalue weighted by Crippen LogP contribution is -1.99. The maximum Gasteiger partial charge on any atom is 0.335 e. The highest BCUT2D eigenvalue weighted by molar-refractivity contribution is 5.88. The molecule has 0 aliphatic carbocycles. The van der Waals surface area contributed by atoms with E-state index in [1.807, 2.05) is 0 Å². The summed E-state index contributed by atoms with van der Waals surface area (Å²) in [5, 5.41) is 13.1. The lowest BCUT2D eigenvalue weighted by Gasteiger charge is -2.10. The van der Waals surface area contributed by atoms with Crippen LogP contribution in [0.25, 0.3) is 5.65 Å². The molecule has 0 amide bonds. The predicted octanol–water partition coefficient (Wildman–Crippen LogP) is 2.23. The highest BCUT2D eigenvalue weighted by Crippen LogP contribution is 2.31. The summed E-state index contributed by atoms with van der Waals surface area (Å²) in [5.41, 5.74) is 0.733. The standard InChI is InChI=1S/C14H11N3O4/c1-20-10-3-2-9(14(18)19)8-11(10)21-13-5-7-17-12(16-13)4-6-15-17/h2-8H,1H3,(H,18,19). The van der Waals surface area contributed by atoms with Gasteiger partial charge < -0.3 is 14.6 Å².